The summed E-state index contributed by atoms with van der Waals surface area (Å²) < 4.78 is 0. The molecule has 2 aliphatic heterocycles. The molecular formula is C26H37N3O3. The van der Waals surface area contributed by atoms with E-state index in [4.69, 9.17) is 0 Å². The summed E-state index contributed by atoms with van der Waals surface area (Å²) in [4.78, 5) is 41.7. The highest BCUT2D eigenvalue weighted by molar-refractivity contribution is 5.92. The summed E-state index contributed by atoms with van der Waals surface area (Å²) in [6.07, 6.45) is 6.31. The van der Waals surface area contributed by atoms with Crippen LogP contribution in [0.3, 0.4) is 0 Å². The van der Waals surface area contributed by atoms with Crippen LogP contribution in [0, 0.1) is 17.8 Å². The zero-order valence-electron chi connectivity index (χ0n) is 19.6. The number of carbonyl (C=O) groups is 3. The van der Waals surface area contributed by atoms with E-state index in [0.717, 1.165) is 18.4 Å². The van der Waals surface area contributed by atoms with Crippen molar-refractivity contribution in [3.63, 3.8) is 0 Å². The third kappa shape index (κ3) is 6.44. The van der Waals surface area contributed by atoms with Crippen LogP contribution in [0.5, 0.6) is 0 Å². The van der Waals surface area contributed by atoms with Gasteiger partial charge in [-0.3, -0.25) is 14.4 Å². The van der Waals surface area contributed by atoms with E-state index in [-0.39, 0.29) is 35.6 Å². The normalized spacial score (nSPS) is 19.4. The Morgan fingerprint density at radius 1 is 0.875 bits per heavy atom. The lowest BCUT2D eigenvalue weighted by Crippen LogP contribution is -2.48. The minimum absolute atomic E-state index is 0.00204. The molecule has 0 unspecified atom stereocenters. The van der Waals surface area contributed by atoms with Crippen molar-refractivity contribution in [1.29, 1.82) is 0 Å². The Kier molecular flexibility index (Phi) is 8.48. The van der Waals surface area contributed by atoms with Gasteiger partial charge in [-0.15, -0.1) is 0 Å². The van der Waals surface area contributed by atoms with E-state index in [1.807, 2.05) is 53.1 Å². The quantitative estimate of drug-likeness (QED) is 0.691. The molecular weight excluding hydrogens is 402 g/mol. The first-order valence-corrected chi connectivity index (χ1v) is 12.0. The Morgan fingerprint density at radius 2 is 1.44 bits per heavy atom. The summed E-state index contributed by atoms with van der Waals surface area (Å²) in [6.45, 7) is 8.75. The fourth-order valence-corrected chi connectivity index (χ4v) is 4.31. The van der Waals surface area contributed by atoms with Crippen LogP contribution in [-0.4, -0.2) is 59.7 Å². The van der Waals surface area contributed by atoms with Crippen molar-refractivity contribution in [1.82, 2.24) is 15.1 Å². The first-order valence-electron chi connectivity index (χ1n) is 12.0. The molecule has 2 saturated heterocycles. The molecule has 0 spiro atoms. The molecule has 2 fully saturated rings. The van der Waals surface area contributed by atoms with Gasteiger partial charge in [0.05, 0.1) is 0 Å². The summed E-state index contributed by atoms with van der Waals surface area (Å²) in [5.41, 5.74) is 1.00. The number of piperidine rings is 2. The Bertz CT molecular complexity index is 805. The van der Waals surface area contributed by atoms with E-state index in [0.29, 0.717) is 44.9 Å². The molecule has 0 bridgehead atoms. The molecule has 1 aromatic carbocycles. The van der Waals surface area contributed by atoms with Crippen LogP contribution in [0.25, 0.3) is 6.08 Å². The number of carbonyl (C=O) groups excluding carboxylic acids is 3. The number of nitrogens with one attached hydrogen (secondary N) is 1. The largest absolute Gasteiger partial charge is 0.353 e. The van der Waals surface area contributed by atoms with Gasteiger partial charge in [0.25, 0.3) is 0 Å². The average molecular weight is 440 g/mol. The Balaban J connectivity index is 1.41. The molecule has 6 heteroatoms. The Hall–Kier alpha value is -2.63. The molecule has 3 rings (SSSR count). The number of nitrogens with zero attached hydrogens (tertiary/aromatic N) is 2. The number of hydrogen-bond acceptors (Lipinski definition) is 3. The molecule has 2 heterocycles. The van der Waals surface area contributed by atoms with Crippen molar-refractivity contribution < 1.29 is 14.4 Å². The van der Waals surface area contributed by atoms with E-state index < -0.39 is 0 Å². The standard InChI is InChI=1S/C26H37N3O3/c1-19(2)20(3)27-25(31)22-11-17-29(18-12-22)26(32)23-13-15-28(16-14-23)24(30)10-9-21-7-5-4-6-8-21/h4-10,19-20,22-23H,11-18H2,1-3H3,(H,27,31)/b10-9-/t20-/m1/s1. The highest BCUT2D eigenvalue weighted by Gasteiger charge is 2.33. The van der Waals surface area contributed by atoms with E-state index in [1.54, 1.807) is 6.08 Å². The van der Waals surface area contributed by atoms with Crippen LogP contribution < -0.4 is 5.32 Å². The van der Waals surface area contributed by atoms with Crippen LogP contribution in [0.15, 0.2) is 36.4 Å². The molecule has 3 amide bonds. The van der Waals surface area contributed by atoms with Gasteiger partial charge >= 0.3 is 0 Å². The minimum Gasteiger partial charge on any atom is -0.353 e. The summed E-state index contributed by atoms with van der Waals surface area (Å²) in [5.74, 6) is 0.689. The second-order valence-corrected chi connectivity index (χ2v) is 9.48. The maximum absolute atomic E-state index is 13.0. The maximum Gasteiger partial charge on any atom is 0.246 e. The lowest BCUT2D eigenvalue weighted by molar-refractivity contribution is -0.142. The number of rotatable bonds is 6. The molecule has 1 N–H and O–H groups in total. The lowest BCUT2D eigenvalue weighted by atomic mass is 9.91. The summed E-state index contributed by atoms with van der Waals surface area (Å²) in [6, 6.07) is 9.94. The molecule has 174 valence electrons. The average Bonchev–Trinajstić information content (AvgIpc) is 2.82. The van der Waals surface area contributed by atoms with E-state index in [9.17, 15) is 14.4 Å². The van der Waals surface area contributed by atoms with Crippen LogP contribution in [0.4, 0.5) is 0 Å². The van der Waals surface area contributed by atoms with Gasteiger partial charge < -0.3 is 15.1 Å². The molecule has 32 heavy (non-hydrogen) atoms. The number of benzene rings is 1. The van der Waals surface area contributed by atoms with Crippen LogP contribution in [-0.2, 0) is 14.4 Å². The van der Waals surface area contributed by atoms with E-state index >= 15 is 0 Å². The van der Waals surface area contributed by atoms with Crippen molar-refractivity contribution in [3.8, 4) is 0 Å². The van der Waals surface area contributed by atoms with E-state index in [1.165, 1.54) is 0 Å². The Labute approximate surface area is 192 Å². The molecule has 2 aliphatic rings. The number of hydrogen-bond donors (Lipinski definition) is 1. The smallest absolute Gasteiger partial charge is 0.246 e. The van der Waals surface area contributed by atoms with Gasteiger partial charge in [0.1, 0.15) is 0 Å². The SMILES string of the molecule is CC(C)[C@@H](C)NC(=O)C1CCN(C(=O)C2CCN(C(=O)/C=C\c3ccccc3)CC2)CC1. The maximum atomic E-state index is 13.0. The lowest BCUT2D eigenvalue weighted by Gasteiger charge is -2.37. The van der Waals surface area contributed by atoms with Crippen LogP contribution in [0.1, 0.15) is 52.0 Å². The van der Waals surface area contributed by atoms with Gasteiger partial charge in [0.15, 0.2) is 0 Å². The third-order valence-electron chi connectivity index (χ3n) is 6.92. The second kappa shape index (κ2) is 11.3. The van der Waals surface area contributed by atoms with Gasteiger partial charge in [-0.25, -0.2) is 0 Å². The Morgan fingerprint density at radius 3 is 2.03 bits per heavy atom. The minimum atomic E-state index is -0.0245. The molecule has 0 aliphatic carbocycles. The predicted molar refractivity (Wildman–Crippen MR) is 127 cm³/mol. The van der Waals surface area contributed by atoms with Crippen molar-refractivity contribution >= 4 is 23.8 Å². The van der Waals surface area contributed by atoms with Gasteiger partial charge in [-0.2, -0.15) is 0 Å². The van der Waals surface area contributed by atoms with Crippen molar-refractivity contribution in [3.05, 3.63) is 42.0 Å². The molecule has 0 saturated carbocycles. The second-order valence-electron chi connectivity index (χ2n) is 9.48. The molecule has 1 atom stereocenters. The predicted octanol–water partition coefficient (Wildman–Crippen LogP) is 3.34. The van der Waals surface area contributed by atoms with Crippen molar-refractivity contribution in [2.45, 2.75) is 52.5 Å². The number of likely N-dealkylation sites (tertiary alicyclic amines) is 2. The summed E-state index contributed by atoms with van der Waals surface area (Å²) in [5, 5.41) is 3.11. The number of amides is 3. The van der Waals surface area contributed by atoms with E-state index in [2.05, 4.69) is 19.2 Å². The fourth-order valence-electron chi connectivity index (χ4n) is 4.31. The highest BCUT2D eigenvalue weighted by Crippen LogP contribution is 2.24. The van der Waals surface area contributed by atoms with Crippen LogP contribution >= 0.6 is 0 Å². The molecule has 6 nitrogen and oxygen atoms in total. The highest BCUT2D eigenvalue weighted by atomic mass is 16.2. The van der Waals surface area contributed by atoms with Gasteiger partial charge in [0, 0.05) is 50.1 Å². The monoisotopic (exact) mass is 439 g/mol. The zero-order chi connectivity index (χ0) is 23.1. The third-order valence-corrected chi connectivity index (χ3v) is 6.92. The zero-order valence-corrected chi connectivity index (χ0v) is 19.6. The van der Waals surface area contributed by atoms with Crippen molar-refractivity contribution in [2.24, 2.45) is 17.8 Å². The van der Waals surface area contributed by atoms with Gasteiger partial charge in [-0.1, -0.05) is 44.2 Å². The van der Waals surface area contributed by atoms with Gasteiger partial charge in [-0.05, 0) is 50.2 Å². The molecule has 1 aromatic rings. The first kappa shape index (κ1) is 24.0. The molecule has 0 aromatic heterocycles. The molecule has 0 radical (unpaired) electrons. The summed E-state index contributed by atoms with van der Waals surface area (Å²) >= 11 is 0. The topological polar surface area (TPSA) is 69.7 Å². The van der Waals surface area contributed by atoms with Crippen molar-refractivity contribution in [2.75, 3.05) is 26.2 Å². The fraction of sp³-hybridized carbons (Fsp3) is 0.577. The van der Waals surface area contributed by atoms with Gasteiger partial charge in [0.2, 0.25) is 17.7 Å². The van der Waals surface area contributed by atoms with Crippen LogP contribution in [0.2, 0.25) is 0 Å². The first-order chi connectivity index (χ1) is 15.3. The summed E-state index contributed by atoms with van der Waals surface area (Å²) in [7, 11) is 0.